The lowest BCUT2D eigenvalue weighted by Crippen LogP contribution is -1.97. The predicted octanol–water partition coefficient (Wildman–Crippen LogP) is 5.05. The van der Waals surface area contributed by atoms with Crippen molar-refractivity contribution in [1.82, 2.24) is 0 Å². The zero-order chi connectivity index (χ0) is 18.0. The normalized spacial score (nSPS) is 12.6. The lowest BCUT2D eigenvalue weighted by molar-refractivity contribution is 0.256. The van der Waals surface area contributed by atoms with Gasteiger partial charge in [-0.25, -0.2) is 0 Å². The Kier molecular flexibility index (Phi) is 19.8. The maximum absolute atomic E-state index is 8.81. The Morgan fingerprint density at radius 2 is 1.09 bits per heavy atom. The maximum atomic E-state index is 8.81. The molecule has 1 unspecified atom stereocenters. The first-order chi connectivity index (χ1) is 10.8. The van der Waals surface area contributed by atoms with Crippen molar-refractivity contribution in [2.45, 2.75) is 97.3 Å². The summed E-state index contributed by atoms with van der Waals surface area (Å²) in [5.74, 6) is 0.716. The Balaban J connectivity index is 0. The van der Waals surface area contributed by atoms with Crippen LogP contribution >= 0.6 is 0 Å². The molecule has 23 heavy (non-hydrogen) atoms. The summed E-state index contributed by atoms with van der Waals surface area (Å²) in [7, 11) is -4.67. The first kappa shape index (κ1) is 25.1. The molecule has 0 fully saturated rings. The Morgan fingerprint density at radius 1 is 0.739 bits per heavy atom. The molecule has 0 heterocycles. The molecule has 0 aliphatic heterocycles. The molecule has 1 atom stereocenters. The number of rotatable bonds is 14. The molecule has 6 heteroatoms. The summed E-state index contributed by atoms with van der Waals surface area (Å²) >= 11 is 0. The topological polar surface area (TPSA) is 94.8 Å². The second-order valence-electron chi connectivity index (χ2n) is 6.39. The lowest BCUT2D eigenvalue weighted by Gasteiger charge is -2.08. The van der Waals surface area contributed by atoms with Crippen LogP contribution in [0.5, 0.6) is 0 Å². The summed E-state index contributed by atoms with van der Waals surface area (Å²) in [6, 6.07) is 0. The molecule has 0 aromatic heterocycles. The van der Waals surface area contributed by atoms with Crippen molar-refractivity contribution in [3.63, 3.8) is 0 Å². The fourth-order valence-electron chi connectivity index (χ4n) is 2.52. The molecule has 0 saturated heterocycles. The van der Waals surface area contributed by atoms with Gasteiger partial charge in [-0.05, 0) is 12.3 Å². The van der Waals surface area contributed by atoms with E-state index in [4.69, 9.17) is 22.6 Å². The van der Waals surface area contributed by atoms with Gasteiger partial charge in [-0.3, -0.25) is 9.11 Å². The number of unbranched alkanes of at least 4 members (excludes halogenated alkanes) is 10. The second kappa shape index (κ2) is 18.2. The van der Waals surface area contributed by atoms with Crippen LogP contribution in [0.2, 0.25) is 0 Å². The van der Waals surface area contributed by atoms with E-state index >= 15 is 0 Å². The van der Waals surface area contributed by atoms with Crippen LogP contribution in [0.15, 0.2) is 0 Å². The van der Waals surface area contributed by atoms with E-state index in [2.05, 4.69) is 13.8 Å². The summed E-state index contributed by atoms with van der Waals surface area (Å²) in [4.78, 5) is 0. The van der Waals surface area contributed by atoms with E-state index in [0.29, 0.717) is 12.5 Å². The minimum absolute atomic E-state index is 0.360. The van der Waals surface area contributed by atoms with Gasteiger partial charge in [-0.1, -0.05) is 90.9 Å². The third kappa shape index (κ3) is 34.3. The van der Waals surface area contributed by atoms with E-state index in [1.165, 1.54) is 77.0 Å². The molecule has 5 nitrogen and oxygen atoms in total. The van der Waals surface area contributed by atoms with Gasteiger partial charge < -0.3 is 5.11 Å². The van der Waals surface area contributed by atoms with Gasteiger partial charge in [0.1, 0.15) is 0 Å². The van der Waals surface area contributed by atoms with Crippen LogP contribution in [-0.2, 0) is 10.4 Å². The Hall–Kier alpha value is -0.170. The highest BCUT2D eigenvalue weighted by atomic mass is 32.3. The minimum Gasteiger partial charge on any atom is -0.396 e. The molecular weight excluding hydrogens is 316 g/mol. The number of aliphatic hydroxyl groups excluding tert-OH is 1. The van der Waals surface area contributed by atoms with Crippen molar-refractivity contribution in [3.8, 4) is 0 Å². The first-order valence-corrected chi connectivity index (χ1v) is 10.5. The molecule has 0 radical (unpaired) electrons. The van der Waals surface area contributed by atoms with Crippen molar-refractivity contribution in [3.05, 3.63) is 0 Å². The highest BCUT2D eigenvalue weighted by Crippen LogP contribution is 2.15. The van der Waals surface area contributed by atoms with Gasteiger partial charge in [0.2, 0.25) is 0 Å². The number of hydrogen-bond acceptors (Lipinski definition) is 3. The van der Waals surface area contributed by atoms with Gasteiger partial charge in [-0.2, -0.15) is 8.42 Å². The summed E-state index contributed by atoms with van der Waals surface area (Å²) in [6.45, 7) is 4.90. The van der Waals surface area contributed by atoms with Crippen LogP contribution < -0.4 is 0 Å². The van der Waals surface area contributed by atoms with Crippen molar-refractivity contribution >= 4 is 10.4 Å². The van der Waals surface area contributed by atoms with Gasteiger partial charge in [0.05, 0.1) is 0 Å². The molecule has 0 rings (SSSR count). The van der Waals surface area contributed by atoms with Crippen LogP contribution in [0.25, 0.3) is 0 Å². The molecule has 0 aliphatic rings. The van der Waals surface area contributed by atoms with Crippen LogP contribution in [0.1, 0.15) is 97.3 Å². The lowest BCUT2D eigenvalue weighted by atomic mass is 9.99. The van der Waals surface area contributed by atoms with Gasteiger partial charge in [0.25, 0.3) is 0 Å². The van der Waals surface area contributed by atoms with E-state index in [9.17, 15) is 0 Å². The number of aliphatic hydroxyl groups is 1. The fraction of sp³-hybridized carbons (Fsp3) is 1.00. The quantitative estimate of drug-likeness (QED) is 0.299. The molecular formula is C17H38O5S. The monoisotopic (exact) mass is 354 g/mol. The van der Waals surface area contributed by atoms with E-state index in [0.717, 1.165) is 6.42 Å². The summed E-state index contributed by atoms with van der Waals surface area (Å²) in [6.07, 6.45) is 17.9. The summed E-state index contributed by atoms with van der Waals surface area (Å²) < 4.78 is 31.6. The smallest absolute Gasteiger partial charge is 0.394 e. The van der Waals surface area contributed by atoms with Crippen molar-refractivity contribution < 1.29 is 22.6 Å². The van der Waals surface area contributed by atoms with Gasteiger partial charge in [0, 0.05) is 6.61 Å². The van der Waals surface area contributed by atoms with Gasteiger partial charge >= 0.3 is 10.4 Å². The van der Waals surface area contributed by atoms with Crippen molar-refractivity contribution in [2.24, 2.45) is 5.92 Å². The largest absolute Gasteiger partial charge is 0.396 e. The molecule has 0 saturated carbocycles. The van der Waals surface area contributed by atoms with Gasteiger partial charge in [0.15, 0.2) is 0 Å². The third-order valence-corrected chi connectivity index (χ3v) is 3.92. The zero-order valence-corrected chi connectivity index (χ0v) is 15.9. The molecule has 0 aliphatic carbocycles. The van der Waals surface area contributed by atoms with E-state index < -0.39 is 10.4 Å². The van der Waals surface area contributed by atoms with Crippen LogP contribution in [0.3, 0.4) is 0 Å². The maximum Gasteiger partial charge on any atom is 0.394 e. The van der Waals surface area contributed by atoms with Crippen LogP contribution in [-0.4, -0.2) is 29.2 Å². The Bertz CT molecular complexity index is 309. The standard InChI is InChI=1S/C17H36O.H2O4S/c1-3-4-5-6-7-8-9-10-11-12-13-14-17(2)15-16-18;1-5(2,3)4/h17-18H,3-16H2,1-2H3;(H2,1,2,3,4). The van der Waals surface area contributed by atoms with E-state index in [1.54, 1.807) is 0 Å². The van der Waals surface area contributed by atoms with Crippen molar-refractivity contribution in [2.75, 3.05) is 6.61 Å². The Morgan fingerprint density at radius 3 is 1.43 bits per heavy atom. The van der Waals surface area contributed by atoms with Gasteiger partial charge in [-0.15, -0.1) is 0 Å². The molecule has 3 N–H and O–H groups in total. The molecule has 0 aromatic carbocycles. The molecule has 0 spiro atoms. The zero-order valence-electron chi connectivity index (χ0n) is 15.0. The van der Waals surface area contributed by atoms with E-state index in [1.807, 2.05) is 0 Å². The average Bonchev–Trinajstić information content (AvgIpc) is 2.43. The molecule has 0 amide bonds. The number of hydrogen-bond donors (Lipinski definition) is 3. The van der Waals surface area contributed by atoms with Crippen LogP contribution in [0, 0.1) is 5.92 Å². The summed E-state index contributed by atoms with van der Waals surface area (Å²) in [5, 5.41) is 8.81. The fourth-order valence-corrected chi connectivity index (χ4v) is 2.52. The third-order valence-electron chi connectivity index (χ3n) is 3.92. The van der Waals surface area contributed by atoms with Crippen LogP contribution in [0.4, 0.5) is 0 Å². The SMILES string of the molecule is CCCCCCCCCCCCCC(C)CCO.O=S(=O)(O)O. The summed E-state index contributed by atoms with van der Waals surface area (Å²) in [5.41, 5.74) is 0. The molecule has 142 valence electrons. The van der Waals surface area contributed by atoms with Crippen molar-refractivity contribution in [1.29, 1.82) is 0 Å². The average molecular weight is 355 g/mol. The molecule has 0 bridgehead atoms. The highest BCUT2D eigenvalue weighted by Gasteiger charge is 2.00. The first-order valence-electron chi connectivity index (χ1n) is 9.12. The Labute approximate surface area is 143 Å². The molecule has 0 aromatic rings. The highest BCUT2D eigenvalue weighted by molar-refractivity contribution is 7.79. The predicted molar refractivity (Wildman–Crippen MR) is 96.1 cm³/mol. The second-order valence-corrected chi connectivity index (χ2v) is 7.29. The minimum atomic E-state index is -4.67. The van der Waals surface area contributed by atoms with E-state index in [-0.39, 0.29) is 0 Å².